The van der Waals surface area contributed by atoms with Crippen LogP contribution < -0.4 is 0 Å². The van der Waals surface area contributed by atoms with Crippen LogP contribution in [0, 0.1) is 0 Å². The van der Waals surface area contributed by atoms with Crippen LogP contribution in [0.3, 0.4) is 0 Å². The summed E-state index contributed by atoms with van der Waals surface area (Å²) in [5, 5.41) is 0. The second-order valence-corrected chi connectivity index (χ2v) is 9.39. The molecule has 2 aliphatic heterocycles. The maximum Gasteiger partial charge on any atom is 0.240 e. The normalized spacial score (nSPS) is 21.0. The van der Waals surface area contributed by atoms with Gasteiger partial charge in [-0.25, -0.2) is 4.98 Å². The number of amides is 3. The molecule has 180 valence electrons. The van der Waals surface area contributed by atoms with Crippen LogP contribution in [0.2, 0.25) is 0 Å². The van der Waals surface area contributed by atoms with Crippen LogP contribution in [-0.4, -0.2) is 61.7 Å². The lowest BCUT2D eigenvalue weighted by Gasteiger charge is -2.35. The van der Waals surface area contributed by atoms with Crippen LogP contribution in [0.15, 0.2) is 73.6 Å². The second kappa shape index (κ2) is 9.82. The molecule has 0 N–H and O–H groups in total. The summed E-state index contributed by atoms with van der Waals surface area (Å²) in [5.74, 6) is -0.185. The fourth-order valence-electron chi connectivity index (χ4n) is 5.35. The van der Waals surface area contributed by atoms with Crippen molar-refractivity contribution in [1.29, 1.82) is 0 Å². The van der Waals surface area contributed by atoms with Gasteiger partial charge in [-0.15, -0.1) is 0 Å². The van der Waals surface area contributed by atoms with Gasteiger partial charge < -0.3 is 9.47 Å². The molecule has 0 spiro atoms. The van der Waals surface area contributed by atoms with E-state index in [2.05, 4.69) is 9.97 Å². The van der Waals surface area contributed by atoms with Crippen molar-refractivity contribution in [2.75, 3.05) is 19.6 Å². The fraction of sp³-hybridized carbons (Fsp3) is 0.370. The van der Waals surface area contributed by atoms with Crippen molar-refractivity contribution in [1.82, 2.24) is 24.3 Å². The zero-order valence-electron chi connectivity index (χ0n) is 19.6. The Morgan fingerprint density at radius 3 is 2.37 bits per heavy atom. The lowest BCUT2D eigenvalue weighted by Crippen LogP contribution is -2.45. The summed E-state index contributed by atoms with van der Waals surface area (Å²) >= 11 is 0. The standard InChI is InChI=1S/C27H29N5O3/c33-24(31-13-8-22(9-14-31)21-6-10-28-11-7-21)18-27(23-4-2-1-3-5-23)19-25(34)32(26(27)35)17-16-30-15-12-29-20-30/h1-7,10-12,15,20,22H,8-9,13-14,16-19H2. The number of aromatic nitrogens is 3. The molecule has 0 saturated carbocycles. The van der Waals surface area contributed by atoms with Crippen LogP contribution in [0.1, 0.15) is 42.7 Å². The first-order valence-electron chi connectivity index (χ1n) is 12.1. The van der Waals surface area contributed by atoms with E-state index in [1.165, 1.54) is 10.5 Å². The Kier molecular flexibility index (Phi) is 6.44. The Labute approximate surface area is 204 Å². The van der Waals surface area contributed by atoms with Gasteiger partial charge in [0.2, 0.25) is 17.7 Å². The molecule has 2 saturated heterocycles. The van der Waals surface area contributed by atoms with Crippen molar-refractivity contribution < 1.29 is 14.4 Å². The number of imidazole rings is 1. The summed E-state index contributed by atoms with van der Waals surface area (Å²) in [6.45, 7) is 2.01. The van der Waals surface area contributed by atoms with E-state index in [9.17, 15) is 14.4 Å². The Bertz CT molecular complexity index is 1170. The smallest absolute Gasteiger partial charge is 0.240 e. The molecule has 35 heavy (non-hydrogen) atoms. The molecule has 2 fully saturated rings. The number of hydrogen-bond acceptors (Lipinski definition) is 5. The molecule has 0 aliphatic carbocycles. The molecule has 1 unspecified atom stereocenters. The molecule has 4 heterocycles. The minimum absolute atomic E-state index is 0.00306. The van der Waals surface area contributed by atoms with Gasteiger partial charge >= 0.3 is 0 Å². The Morgan fingerprint density at radius 2 is 1.69 bits per heavy atom. The van der Waals surface area contributed by atoms with Crippen LogP contribution in [0.5, 0.6) is 0 Å². The van der Waals surface area contributed by atoms with Gasteiger partial charge in [0.1, 0.15) is 0 Å². The zero-order valence-corrected chi connectivity index (χ0v) is 19.6. The predicted molar refractivity (Wildman–Crippen MR) is 129 cm³/mol. The monoisotopic (exact) mass is 471 g/mol. The summed E-state index contributed by atoms with van der Waals surface area (Å²) in [6.07, 6.45) is 10.5. The lowest BCUT2D eigenvalue weighted by atomic mass is 9.75. The first-order chi connectivity index (χ1) is 17.1. The molecule has 8 nitrogen and oxygen atoms in total. The van der Waals surface area contributed by atoms with E-state index in [0.717, 1.165) is 18.4 Å². The van der Waals surface area contributed by atoms with E-state index in [0.29, 0.717) is 25.6 Å². The average molecular weight is 472 g/mol. The highest BCUT2D eigenvalue weighted by atomic mass is 16.2. The number of pyridine rings is 1. The summed E-state index contributed by atoms with van der Waals surface area (Å²) in [7, 11) is 0. The van der Waals surface area contributed by atoms with Crippen molar-refractivity contribution in [3.05, 3.63) is 84.7 Å². The molecule has 0 radical (unpaired) electrons. The third kappa shape index (κ3) is 4.60. The van der Waals surface area contributed by atoms with Gasteiger partial charge in [-0.3, -0.25) is 24.3 Å². The molecule has 3 amide bonds. The Morgan fingerprint density at radius 1 is 0.943 bits per heavy atom. The predicted octanol–water partition coefficient (Wildman–Crippen LogP) is 2.77. The number of benzene rings is 1. The van der Waals surface area contributed by atoms with Gasteiger partial charge in [0.25, 0.3) is 0 Å². The van der Waals surface area contributed by atoms with Gasteiger partial charge in [0, 0.05) is 63.8 Å². The Balaban J connectivity index is 1.32. The van der Waals surface area contributed by atoms with E-state index in [4.69, 9.17) is 0 Å². The van der Waals surface area contributed by atoms with E-state index in [1.807, 2.05) is 51.9 Å². The molecule has 3 aromatic rings. The molecule has 2 aliphatic rings. The molecule has 2 aromatic heterocycles. The van der Waals surface area contributed by atoms with E-state index < -0.39 is 5.41 Å². The maximum absolute atomic E-state index is 13.8. The first-order valence-corrected chi connectivity index (χ1v) is 12.1. The summed E-state index contributed by atoms with van der Waals surface area (Å²) in [5.41, 5.74) is 0.813. The van der Waals surface area contributed by atoms with E-state index in [1.54, 1.807) is 31.1 Å². The van der Waals surface area contributed by atoms with Crippen LogP contribution in [0.25, 0.3) is 0 Å². The molecular formula is C27H29N5O3. The molecule has 8 heteroatoms. The summed E-state index contributed by atoms with van der Waals surface area (Å²) in [4.78, 5) is 51.6. The maximum atomic E-state index is 13.8. The molecular weight excluding hydrogens is 442 g/mol. The third-order valence-electron chi connectivity index (χ3n) is 7.35. The topological polar surface area (TPSA) is 88.4 Å². The fourth-order valence-corrected chi connectivity index (χ4v) is 5.35. The van der Waals surface area contributed by atoms with Gasteiger partial charge in [-0.1, -0.05) is 30.3 Å². The quantitative estimate of drug-likeness (QED) is 0.495. The lowest BCUT2D eigenvalue weighted by molar-refractivity contribution is -0.143. The van der Waals surface area contributed by atoms with Crippen molar-refractivity contribution in [2.45, 2.75) is 43.6 Å². The van der Waals surface area contributed by atoms with Crippen molar-refractivity contribution >= 4 is 17.7 Å². The number of nitrogens with zero attached hydrogens (tertiary/aromatic N) is 5. The number of piperidine rings is 1. The largest absolute Gasteiger partial charge is 0.343 e. The highest BCUT2D eigenvalue weighted by Crippen LogP contribution is 2.41. The van der Waals surface area contributed by atoms with Crippen molar-refractivity contribution in [3.8, 4) is 0 Å². The second-order valence-electron chi connectivity index (χ2n) is 9.39. The number of likely N-dealkylation sites (tertiary alicyclic amines) is 2. The molecule has 1 atom stereocenters. The SMILES string of the molecule is O=C(CC1(c2ccccc2)CC(=O)N(CCn2ccnc2)C1=O)N1CCC(c2ccncc2)CC1. The van der Waals surface area contributed by atoms with Crippen LogP contribution >= 0.6 is 0 Å². The number of rotatable bonds is 7. The minimum atomic E-state index is -1.16. The number of hydrogen-bond donors (Lipinski definition) is 0. The summed E-state index contributed by atoms with van der Waals surface area (Å²) in [6, 6.07) is 13.4. The first kappa shape index (κ1) is 23.0. The highest BCUT2D eigenvalue weighted by Gasteiger charge is 2.54. The Hall–Kier alpha value is -3.81. The number of carbonyl (C=O) groups is 3. The van der Waals surface area contributed by atoms with Crippen molar-refractivity contribution in [3.63, 3.8) is 0 Å². The minimum Gasteiger partial charge on any atom is -0.343 e. The van der Waals surface area contributed by atoms with E-state index in [-0.39, 0.29) is 37.1 Å². The summed E-state index contributed by atoms with van der Waals surface area (Å²) < 4.78 is 1.83. The van der Waals surface area contributed by atoms with Crippen molar-refractivity contribution in [2.24, 2.45) is 0 Å². The van der Waals surface area contributed by atoms with Gasteiger partial charge in [-0.05, 0) is 42.0 Å². The molecule has 0 bridgehead atoms. The van der Waals surface area contributed by atoms with Crippen LogP contribution in [0.4, 0.5) is 0 Å². The zero-order chi connectivity index (χ0) is 24.3. The third-order valence-corrected chi connectivity index (χ3v) is 7.35. The molecule has 5 rings (SSSR count). The number of imide groups is 1. The number of carbonyl (C=O) groups excluding carboxylic acids is 3. The van der Waals surface area contributed by atoms with Gasteiger partial charge in [-0.2, -0.15) is 0 Å². The van der Waals surface area contributed by atoms with Gasteiger partial charge in [0.05, 0.1) is 11.7 Å². The van der Waals surface area contributed by atoms with E-state index >= 15 is 0 Å². The highest BCUT2D eigenvalue weighted by molar-refractivity contribution is 6.10. The van der Waals surface area contributed by atoms with Gasteiger partial charge in [0.15, 0.2) is 0 Å². The average Bonchev–Trinajstić information content (AvgIpc) is 3.50. The van der Waals surface area contributed by atoms with Crippen LogP contribution in [-0.2, 0) is 26.3 Å². The molecule has 1 aromatic carbocycles.